The molecule has 0 atom stereocenters. The van der Waals surface area contributed by atoms with Crippen molar-refractivity contribution in [3.63, 3.8) is 0 Å². The number of hydrogen-bond donors (Lipinski definition) is 0. The van der Waals surface area contributed by atoms with E-state index in [9.17, 15) is 9.18 Å². The van der Waals surface area contributed by atoms with Crippen molar-refractivity contribution in [3.05, 3.63) is 47.7 Å². The fourth-order valence-corrected chi connectivity index (χ4v) is 4.18. The first kappa shape index (κ1) is 18.0. The predicted octanol–water partition coefficient (Wildman–Crippen LogP) is 4.29. The number of amides is 1. The summed E-state index contributed by atoms with van der Waals surface area (Å²) >= 11 is 1.48. The van der Waals surface area contributed by atoms with Gasteiger partial charge < -0.3 is 14.2 Å². The summed E-state index contributed by atoms with van der Waals surface area (Å²) in [6.45, 7) is 8.78. The van der Waals surface area contributed by atoms with Gasteiger partial charge in [0.1, 0.15) is 11.6 Å². The number of carbonyl (C=O) groups is 1. The Morgan fingerprint density at radius 3 is 2.56 bits per heavy atom. The number of rotatable bonds is 2. The lowest BCUT2D eigenvalue weighted by molar-refractivity contribution is 0.0711. The molecule has 1 saturated heterocycles. The van der Waals surface area contributed by atoms with Crippen LogP contribution >= 0.6 is 11.3 Å². The van der Waals surface area contributed by atoms with Crippen LogP contribution < -0.4 is 4.90 Å². The van der Waals surface area contributed by atoms with E-state index < -0.39 is 0 Å². The molecule has 0 saturated carbocycles. The van der Waals surface area contributed by atoms with Gasteiger partial charge in [0.15, 0.2) is 10.9 Å². The first-order valence-corrected chi connectivity index (χ1v) is 9.83. The van der Waals surface area contributed by atoms with Gasteiger partial charge in [-0.1, -0.05) is 32.1 Å². The molecule has 3 heterocycles. The van der Waals surface area contributed by atoms with Gasteiger partial charge in [-0.05, 0) is 30.3 Å². The Hall–Kier alpha value is -2.41. The number of furan rings is 1. The second kappa shape index (κ2) is 6.64. The smallest absolute Gasteiger partial charge is 0.289 e. The fraction of sp³-hybridized carbons (Fsp3) is 0.400. The summed E-state index contributed by atoms with van der Waals surface area (Å²) in [7, 11) is 0. The van der Waals surface area contributed by atoms with E-state index in [1.807, 2.05) is 11.0 Å². The average Bonchev–Trinajstić information content (AvgIpc) is 3.28. The number of thiazole rings is 1. The normalized spacial score (nSPS) is 15.6. The molecule has 1 fully saturated rings. The van der Waals surface area contributed by atoms with Crippen molar-refractivity contribution < 1.29 is 13.6 Å². The Morgan fingerprint density at radius 2 is 1.89 bits per heavy atom. The number of halogens is 1. The Morgan fingerprint density at radius 1 is 1.15 bits per heavy atom. The molecule has 7 heteroatoms. The molecule has 1 aromatic carbocycles. The molecular formula is C20H22FN3O2S. The average molecular weight is 387 g/mol. The van der Waals surface area contributed by atoms with Gasteiger partial charge in [0.05, 0.1) is 10.2 Å². The van der Waals surface area contributed by atoms with E-state index in [1.165, 1.54) is 23.5 Å². The predicted molar refractivity (Wildman–Crippen MR) is 105 cm³/mol. The number of hydrogen-bond acceptors (Lipinski definition) is 5. The van der Waals surface area contributed by atoms with E-state index >= 15 is 0 Å². The number of benzene rings is 1. The van der Waals surface area contributed by atoms with E-state index in [0.717, 1.165) is 21.1 Å². The molecule has 0 unspecified atom stereocenters. The highest BCUT2D eigenvalue weighted by Gasteiger charge is 2.27. The summed E-state index contributed by atoms with van der Waals surface area (Å²) in [5, 5.41) is 0.871. The van der Waals surface area contributed by atoms with E-state index in [1.54, 1.807) is 12.1 Å². The molecule has 0 N–H and O–H groups in total. The Labute approximate surface area is 161 Å². The summed E-state index contributed by atoms with van der Waals surface area (Å²) in [5.41, 5.74) is 0.684. The van der Waals surface area contributed by atoms with Crippen molar-refractivity contribution in [1.29, 1.82) is 0 Å². The maximum absolute atomic E-state index is 13.4. The second-order valence-corrected chi connectivity index (χ2v) is 8.81. The van der Waals surface area contributed by atoms with Crippen LogP contribution in [0, 0.1) is 5.82 Å². The zero-order valence-corrected chi connectivity index (χ0v) is 16.5. The van der Waals surface area contributed by atoms with Crippen LogP contribution in [0.3, 0.4) is 0 Å². The van der Waals surface area contributed by atoms with Gasteiger partial charge in [0, 0.05) is 31.6 Å². The van der Waals surface area contributed by atoms with Crippen molar-refractivity contribution in [3.8, 4) is 0 Å². The summed E-state index contributed by atoms with van der Waals surface area (Å²) in [6.07, 6.45) is 0. The lowest BCUT2D eigenvalue weighted by atomic mass is 9.94. The van der Waals surface area contributed by atoms with Crippen molar-refractivity contribution in [1.82, 2.24) is 9.88 Å². The lowest BCUT2D eigenvalue weighted by Gasteiger charge is -2.34. The topological polar surface area (TPSA) is 49.6 Å². The van der Waals surface area contributed by atoms with E-state index in [4.69, 9.17) is 4.42 Å². The number of aromatic nitrogens is 1. The highest BCUT2D eigenvalue weighted by molar-refractivity contribution is 7.22. The zero-order chi connectivity index (χ0) is 19.2. The van der Waals surface area contributed by atoms with Crippen LogP contribution in [-0.4, -0.2) is 42.0 Å². The van der Waals surface area contributed by atoms with E-state index in [0.29, 0.717) is 31.9 Å². The third-order valence-electron chi connectivity index (χ3n) is 4.73. The minimum atomic E-state index is -0.249. The standard InChI is InChI=1S/C20H22FN3O2S/c1-20(2,3)17-7-6-15(26-17)18(25)23-8-10-24(11-9-23)19-22-14-5-4-13(21)12-16(14)27-19/h4-7,12H,8-11H2,1-3H3. The largest absolute Gasteiger partial charge is 0.455 e. The zero-order valence-electron chi connectivity index (χ0n) is 15.7. The second-order valence-electron chi connectivity index (χ2n) is 7.80. The summed E-state index contributed by atoms with van der Waals surface area (Å²) in [6, 6.07) is 8.28. The van der Waals surface area contributed by atoms with Gasteiger partial charge >= 0.3 is 0 Å². The van der Waals surface area contributed by atoms with Crippen LogP contribution in [-0.2, 0) is 5.41 Å². The molecule has 142 valence electrons. The van der Waals surface area contributed by atoms with Gasteiger partial charge in [0.2, 0.25) is 0 Å². The minimum absolute atomic E-state index is 0.0727. The molecule has 1 amide bonds. The molecule has 1 aliphatic rings. The molecule has 0 spiro atoms. The van der Waals surface area contributed by atoms with Crippen LogP contribution in [0.1, 0.15) is 37.1 Å². The van der Waals surface area contributed by atoms with E-state index in [2.05, 4.69) is 30.7 Å². The summed E-state index contributed by atoms with van der Waals surface area (Å²) < 4.78 is 20.0. The van der Waals surface area contributed by atoms with Gasteiger partial charge in [0.25, 0.3) is 5.91 Å². The van der Waals surface area contributed by atoms with Crippen molar-refractivity contribution in [2.45, 2.75) is 26.2 Å². The first-order valence-electron chi connectivity index (χ1n) is 9.02. The van der Waals surface area contributed by atoms with Crippen LogP contribution in [0.4, 0.5) is 9.52 Å². The maximum atomic E-state index is 13.4. The van der Waals surface area contributed by atoms with Crippen molar-refractivity contribution >= 4 is 32.6 Å². The molecule has 4 rings (SSSR count). The molecular weight excluding hydrogens is 365 g/mol. The number of piperazine rings is 1. The molecule has 1 aliphatic heterocycles. The van der Waals surface area contributed by atoms with Crippen molar-refractivity contribution in [2.75, 3.05) is 31.1 Å². The SMILES string of the molecule is CC(C)(C)c1ccc(C(=O)N2CCN(c3nc4ccc(F)cc4s3)CC2)o1. The molecule has 0 aliphatic carbocycles. The quantitative estimate of drug-likeness (QED) is 0.658. The molecule has 5 nitrogen and oxygen atoms in total. The summed E-state index contributed by atoms with van der Waals surface area (Å²) in [5.74, 6) is 0.882. The third kappa shape index (κ3) is 3.56. The Balaban J connectivity index is 1.43. The number of anilines is 1. The van der Waals surface area contributed by atoms with Crippen LogP contribution in [0.15, 0.2) is 34.7 Å². The van der Waals surface area contributed by atoms with Gasteiger partial charge in [-0.25, -0.2) is 9.37 Å². The molecule has 0 bridgehead atoms. The van der Waals surface area contributed by atoms with Crippen molar-refractivity contribution in [2.24, 2.45) is 0 Å². The van der Waals surface area contributed by atoms with Crippen LogP contribution in [0.5, 0.6) is 0 Å². The molecule has 0 radical (unpaired) electrons. The Bertz CT molecular complexity index is 981. The number of nitrogens with zero attached hydrogens (tertiary/aromatic N) is 3. The number of fused-ring (bicyclic) bond motifs is 1. The van der Waals surface area contributed by atoms with Gasteiger partial charge in [-0.3, -0.25) is 4.79 Å². The fourth-order valence-electron chi connectivity index (χ4n) is 3.13. The first-order chi connectivity index (χ1) is 12.8. The maximum Gasteiger partial charge on any atom is 0.289 e. The van der Waals surface area contributed by atoms with Crippen LogP contribution in [0.2, 0.25) is 0 Å². The molecule has 3 aromatic rings. The molecule has 27 heavy (non-hydrogen) atoms. The Kier molecular flexibility index (Phi) is 4.42. The van der Waals surface area contributed by atoms with E-state index in [-0.39, 0.29) is 17.1 Å². The van der Waals surface area contributed by atoms with Crippen LogP contribution in [0.25, 0.3) is 10.2 Å². The summed E-state index contributed by atoms with van der Waals surface area (Å²) in [4.78, 5) is 21.3. The monoisotopic (exact) mass is 387 g/mol. The third-order valence-corrected chi connectivity index (χ3v) is 5.81. The van der Waals surface area contributed by atoms with Gasteiger partial charge in [-0.15, -0.1) is 0 Å². The molecule has 2 aromatic heterocycles. The highest BCUT2D eigenvalue weighted by Crippen LogP contribution is 2.30. The lowest BCUT2D eigenvalue weighted by Crippen LogP contribution is -2.48. The number of carbonyl (C=O) groups excluding carboxylic acids is 1. The van der Waals surface area contributed by atoms with Gasteiger partial charge in [-0.2, -0.15) is 0 Å². The minimum Gasteiger partial charge on any atom is -0.455 e. The highest BCUT2D eigenvalue weighted by atomic mass is 32.1.